The molecule has 0 bridgehead atoms. The summed E-state index contributed by atoms with van der Waals surface area (Å²) < 4.78 is 11.4. The average molecular weight is 247 g/mol. The summed E-state index contributed by atoms with van der Waals surface area (Å²) in [6, 6.07) is 6.48. The number of rotatable bonds is 1. The normalized spacial score (nSPS) is 24.7. The molecule has 3 rings (SSSR count). The lowest BCUT2D eigenvalue weighted by Crippen LogP contribution is -2.47. The molecule has 1 fully saturated rings. The number of fused-ring (bicyclic) bond motifs is 1. The third kappa shape index (κ3) is 1.80. The third-order valence-electron chi connectivity index (χ3n) is 3.29. The van der Waals surface area contributed by atoms with Crippen LogP contribution in [0.5, 0.6) is 0 Å². The minimum Gasteiger partial charge on any atom is -0.423 e. The zero-order valence-electron chi connectivity index (χ0n) is 10.6. The highest BCUT2D eigenvalue weighted by Gasteiger charge is 2.27. The standard InChI is InChI=1S/C13H17N3O2/c1-8-7-17-9(2)6-16(8)13-15-12-10(14)4-3-5-11(12)18-13/h3-5,8-9H,6-7,14H2,1-2H3. The van der Waals surface area contributed by atoms with Gasteiger partial charge < -0.3 is 19.8 Å². The van der Waals surface area contributed by atoms with Gasteiger partial charge in [0.2, 0.25) is 0 Å². The van der Waals surface area contributed by atoms with Crippen molar-refractivity contribution in [2.45, 2.75) is 26.0 Å². The maximum Gasteiger partial charge on any atom is 0.298 e. The van der Waals surface area contributed by atoms with E-state index in [1.165, 1.54) is 0 Å². The Balaban J connectivity index is 2.00. The summed E-state index contributed by atoms with van der Waals surface area (Å²) in [4.78, 5) is 6.63. The molecule has 5 nitrogen and oxygen atoms in total. The van der Waals surface area contributed by atoms with Crippen LogP contribution in [0.25, 0.3) is 11.1 Å². The smallest absolute Gasteiger partial charge is 0.298 e. The molecular formula is C13H17N3O2. The van der Waals surface area contributed by atoms with E-state index in [2.05, 4.69) is 23.7 Å². The van der Waals surface area contributed by atoms with Gasteiger partial charge in [0.15, 0.2) is 5.58 Å². The van der Waals surface area contributed by atoms with Gasteiger partial charge in [0.1, 0.15) is 5.52 Å². The molecule has 2 atom stereocenters. The molecule has 2 N–H and O–H groups in total. The second-order valence-corrected chi connectivity index (χ2v) is 4.84. The third-order valence-corrected chi connectivity index (χ3v) is 3.29. The number of aromatic nitrogens is 1. The summed E-state index contributed by atoms with van der Waals surface area (Å²) in [5, 5.41) is 0. The second-order valence-electron chi connectivity index (χ2n) is 4.84. The van der Waals surface area contributed by atoms with E-state index in [-0.39, 0.29) is 12.1 Å². The number of hydrogen-bond donors (Lipinski definition) is 1. The van der Waals surface area contributed by atoms with E-state index in [1.807, 2.05) is 18.2 Å². The molecule has 1 aromatic carbocycles. The van der Waals surface area contributed by atoms with Crippen molar-refractivity contribution in [2.24, 2.45) is 0 Å². The summed E-state index contributed by atoms with van der Waals surface area (Å²) in [6.45, 7) is 5.63. The maximum atomic E-state index is 5.90. The van der Waals surface area contributed by atoms with Gasteiger partial charge in [-0.3, -0.25) is 0 Å². The number of benzene rings is 1. The Morgan fingerprint density at radius 1 is 1.39 bits per heavy atom. The van der Waals surface area contributed by atoms with Crippen LogP contribution in [0, 0.1) is 0 Å². The Morgan fingerprint density at radius 3 is 3.00 bits per heavy atom. The van der Waals surface area contributed by atoms with Gasteiger partial charge in [0.05, 0.1) is 24.4 Å². The molecule has 5 heteroatoms. The van der Waals surface area contributed by atoms with E-state index < -0.39 is 0 Å². The van der Waals surface area contributed by atoms with Crippen LogP contribution in [0.15, 0.2) is 22.6 Å². The first-order valence-corrected chi connectivity index (χ1v) is 6.18. The molecule has 2 aromatic rings. The molecule has 0 radical (unpaired) electrons. The fourth-order valence-corrected chi connectivity index (χ4v) is 2.25. The molecule has 18 heavy (non-hydrogen) atoms. The fraction of sp³-hybridized carbons (Fsp3) is 0.462. The van der Waals surface area contributed by atoms with Crippen molar-refractivity contribution in [3.05, 3.63) is 18.2 Å². The maximum absolute atomic E-state index is 5.90. The van der Waals surface area contributed by atoms with Crippen molar-refractivity contribution in [1.29, 1.82) is 0 Å². The van der Waals surface area contributed by atoms with Crippen LogP contribution in [0.1, 0.15) is 13.8 Å². The molecule has 96 valence electrons. The van der Waals surface area contributed by atoms with Crippen LogP contribution in [-0.4, -0.2) is 30.3 Å². The molecule has 0 amide bonds. The van der Waals surface area contributed by atoms with Gasteiger partial charge in [0, 0.05) is 6.54 Å². The van der Waals surface area contributed by atoms with Crippen LogP contribution in [0.3, 0.4) is 0 Å². The van der Waals surface area contributed by atoms with Gasteiger partial charge >= 0.3 is 0 Å². The predicted molar refractivity (Wildman–Crippen MR) is 70.6 cm³/mol. The number of anilines is 2. The Hall–Kier alpha value is -1.75. The number of nitrogens with zero attached hydrogens (tertiary/aromatic N) is 2. The van der Waals surface area contributed by atoms with Crippen LogP contribution in [0.4, 0.5) is 11.7 Å². The van der Waals surface area contributed by atoms with E-state index in [1.54, 1.807) is 0 Å². The van der Waals surface area contributed by atoms with E-state index in [4.69, 9.17) is 14.9 Å². The van der Waals surface area contributed by atoms with Crippen molar-refractivity contribution in [3.63, 3.8) is 0 Å². The monoisotopic (exact) mass is 247 g/mol. The van der Waals surface area contributed by atoms with Gasteiger partial charge in [-0.15, -0.1) is 0 Å². The molecule has 1 aromatic heterocycles. The topological polar surface area (TPSA) is 64.5 Å². The summed E-state index contributed by atoms with van der Waals surface area (Å²) in [5.74, 6) is 0. The van der Waals surface area contributed by atoms with Crippen molar-refractivity contribution in [2.75, 3.05) is 23.8 Å². The second kappa shape index (κ2) is 4.17. The number of hydrogen-bond acceptors (Lipinski definition) is 5. The Labute approximate surface area is 106 Å². The van der Waals surface area contributed by atoms with E-state index >= 15 is 0 Å². The van der Waals surface area contributed by atoms with E-state index in [0.717, 1.165) is 17.6 Å². The quantitative estimate of drug-likeness (QED) is 0.781. The molecule has 2 unspecified atom stereocenters. The lowest BCUT2D eigenvalue weighted by Gasteiger charge is -2.35. The van der Waals surface area contributed by atoms with Gasteiger partial charge in [-0.2, -0.15) is 4.98 Å². The molecule has 1 aliphatic rings. The number of nitrogens with two attached hydrogens (primary N) is 1. The number of morpholine rings is 1. The number of oxazole rings is 1. The SMILES string of the molecule is CC1CN(c2nc3c(N)cccc3o2)C(C)CO1. The first-order chi connectivity index (χ1) is 8.65. The number of ether oxygens (including phenoxy) is 1. The molecule has 1 saturated heterocycles. The lowest BCUT2D eigenvalue weighted by atomic mass is 10.2. The van der Waals surface area contributed by atoms with Crippen molar-refractivity contribution in [3.8, 4) is 0 Å². The molecule has 2 heterocycles. The molecular weight excluding hydrogens is 230 g/mol. The van der Waals surface area contributed by atoms with Crippen molar-refractivity contribution in [1.82, 2.24) is 4.98 Å². The fourth-order valence-electron chi connectivity index (χ4n) is 2.25. The van der Waals surface area contributed by atoms with Crippen molar-refractivity contribution >= 4 is 22.8 Å². The first-order valence-electron chi connectivity index (χ1n) is 6.18. The first kappa shape index (κ1) is 11.3. The summed E-state index contributed by atoms with van der Waals surface area (Å²) in [5.41, 5.74) is 8.01. The Morgan fingerprint density at radius 2 is 2.22 bits per heavy atom. The summed E-state index contributed by atoms with van der Waals surface area (Å²) >= 11 is 0. The Kier molecular flexibility index (Phi) is 2.63. The average Bonchev–Trinajstić information content (AvgIpc) is 2.77. The molecule has 0 saturated carbocycles. The number of para-hydroxylation sites is 1. The van der Waals surface area contributed by atoms with Crippen LogP contribution >= 0.6 is 0 Å². The highest BCUT2D eigenvalue weighted by molar-refractivity contribution is 5.86. The minimum atomic E-state index is 0.188. The minimum absolute atomic E-state index is 0.188. The van der Waals surface area contributed by atoms with Gasteiger partial charge in [-0.05, 0) is 26.0 Å². The molecule has 1 aliphatic heterocycles. The lowest BCUT2D eigenvalue weighted by molar-refractivity contribution is 0.0324. The van der Waals surface area contributed by atoms with Crippen LogP contribution in [-0.2, 0) is 4.74 Å². The number of nitrogen functional groups attached to an aromatic ring is 1. The highest BCUT2D eigenvalue weighted by atomic mass is 16.5. The predicted octanol–water partition coefficient (Wildman–Crippen LogP) is 2.02. The zero-order chi connectivity index (χ0) is 12.7. The van der Waals surface area contributed by atoms with Gasteiger partial charge in [-0.1, -0.05) is 6.07 Å². The summed E-state index contributed by atoms with van der Waals surface area (Å²) in [7, 11) is 0. The van der Waals surface area contributed by atoms with Gasteiger partial charge in [0.25, 0.3) is 6.01 Å². The van der Waals surface area contributed by atoms with E-state index in [0.29, 0.717) is 18.3 Å². The van der Waals surface area contributed by atoms with Crippen LogP contribution in [0.2, 0.25) is 0 Å². The van der Waals surface area contributed by atoms with E-state index in [9.17, 15) is 0 Å². The van der Waals surface area contributed by atoms with Crippen LogP contribution < -0.4 is 10.6 Å². The van der Waals surface area contributed by atoms with Crippen molar-refractivity contribution < 1.29 is 9.15 Å². The zero-order valence-corrected chi connectivity index (χ0v) is 10.6. The molecule has 0 spiro atoms. The summed E-state index contributed by atoms with van der Waals surface area (Å²) in [6.07, 6.45) is 0.188. The molecule has 0 aliphatic carbocycles. The van der Waals surface area contributed by atoms with Gasteiger partial charge in [-0.25, -0.2) is 0 Å². The Bertz CT molecular complexity index is 566. The highest BCUT2D eigenvalue weighted by Crippen LogP contribution is 2.28. The largest absolute Gasteiger partial charge is 0.423 e.